The molecular weight excluding hydrogens is 362 g/mol. The molecule has 0 saturated carbocycles. The van der Waals surface area contributed by atoms with Crippen LogP contribution in [-0.2, 0) is 22.9 Å². The lowest BCUT2D eigenvalue weighted by molar-refractivity contribution is 0.0498. The van der Waals surface area contributed by atoms with E-state index in [4.69, 9.17) is 4.74 Å². The van der Waals surface area contributed by atoms with E-state index in [2.05, 4.69) is 0 Å². The van der Waals surface area contributed by atoms with E-state index in [1.165, 1.54) is 9.87 Å². The molecule has 0 N–H and O–H groups in total. The van der Waals surface area contributed by atoms with Crippen molar-refractivity contribution in [2.24, 2.45) is 0 Å². The summed E-state index contributed by atoms with van der Waals surface area (Å²) < 4.78 is 34.0. The number of ether oxygens (including phenoxy) is 1. The fourth-order valence-corrected chi connectivity index (χ4v) is 6.11. The maximum absolute atomic E-state index is 13.2. The Balaban J connectivity index is 1.43. The van der Waals surface area contributed by atoms with Gasteiger partial charge in [0.25, 0.3) is 0 Å². The van der Waals surface area contributed by atoms with E-state index >= 15 is 0 Å². The largest absolute Gasteiger partial charge is 0.485 e. The molecule has 1 unspecified atom stereocenters. The molecule has 2 aromatic rings. The smallest absolute Gasteiger partial charge is 0.243 e. The molecule has 2 heterocycles. The van der Waals surface area contributed by atoms with Gasteiger partial charge in [-0.1, -0.05) is 18.2 Å². The first kappa shape index (κ1) is 17.0. The van der Waals surface area contributed by atoms with E-state index in [1.54, 1.807) is 18.2 Å². The van der Waals surface area contributed by atoms with Crippen LogP contribution < -0.4 is 4.74 Å². The van der Waals surface area contributed by atoms with Crippen molar-refractivity contribution in [2.45, 2.75) is 42.6 Å². The number of sulfonamides is 1. The van der Waals surface area contributed by atoms with Gasteiger partial charge >= 0.3 is 0 Å². The second-order valence-electron chi connectivity index (χ2n) is 7.75. The molecule has 1 saturated heterocycles. The average Bonchev–Trinajstić information content (AvgIpc) is 3.28. The molecule has 27 heavy (non-hydrogen) atoms. The number of nitrogens with zero attached hydrogens (tertiary/aromatic N) is 1. The number of hydrogen-bond donors (Lipinski definition) is 0. The molecule has 2 aromatic carbocycles. The van der Waals surface area contributed by atoms with E-state index in [-0.39, 0.29) is 18.7 Å². The van der Waals surface area contributed by atoms with E-state index < -0.39 is 15.6 Å². The van der Waals surface area contributed by atoms with Crippen molar-refractivity contribution in [2.75, 3.05) is 13.1 Å². The van der Waals surface area contributed by atoms with Crippen molar-refractivity contribution in [3.05, 3.63) is 59.2 Å². The quantitative estimate of drug-likeness (QED) is 0.800. The lowest BCUT2D eigenvalue weighted by Crippen LogP contribution is -2.45. The predicted molar refractivity (Wildman–Crippen MR) is 101 cm³/mol. The number of hydrogen-bond acceptors (Lipinski definition) is 4. The molecule has 2 aliphatic heterocycles. The fourth-order valence-electron chi connectivity index (χ4n) is 4.54. The van der Waals surface area contributed by atoms with Crippen LogP contribution in [0.15, 0.2) is 47.4 Å². The van der Waals surface area contributed by atoms with Crippen molar-refractivity contribution < 1.29 is 17.9 Å². The van der Waals surface area contributed by atoms with Gasteiger partial charge in [-0.25, -0.2) is 8.42 Å². The van der Waals surface area contributed by atoms with Crippen LogP contribution in [0, 0.1) is 0 Å². The zero-order chi connectivity index (χ0) is 18.6. The van der Waals surface area contributed by atoms with Crippen LogP contribution in [-0.4, -0.2) is 37.2 Å². The number of Topliss-reactive ketones (excluding diaryl/α,β-unsaturated/α-hetero) is 1. The molecule has 0 bridgehead atoms. The van der Waals surface area contributed by atoms with Crippen LogP contribution in [0.4, 0.5) is 0 Å². The van der Waals surface area contributed by atoms with Crippen LogP contribution in [0.1, 0.15) is 40.7 Å². The van der Waals surface area contributed by atoms with E-state index in [0.29, 0.717) is 29.2 Å². The Morgan fingerprint density at radius 3 is 2.74 bits per heavy atom. The van der Waals surface area contributed by atoms with Gasteiger partial charge in [0.2, 0.25) is 10.0 Å². The molecule has 1 aliphatic carbocycles. The highest BCUT2D eigenvalue weighted by Crippen LogP contribution is 2.40. The van der Waals surface area contributed by atoms with E-state index in [0.717, 1.165) is 24.8 Å². The third kappa shape index (κ3) is 2.70. The standard InChI is InChI=1S/C21H21NO4S/c23-19-13-21(26-20-7-2-1-6-18(19)20)10-11-22(14-21)27(24,25)17-9-8-15-4-3-5-16(15)12-17/h1-2,6-9,12H,3-5,10-11,13-14H2. The van der Waals surface area contributed by atoms with Gasteiger partial charge in [0.1, 0.15) is 11.4 Å². The first-order valence-electron chi connectivity index (χ1n) is 9.40. The molecule has 1 spiro atoms. The van der Waals surface area contributed by atoms with Crippen molar-refractivity contribution in [1.29, 1.82) is 0 Å². The highest BCUT2D eigenvalue weighted by atomic mass is 32.2. The molecule has 140 valence electrons. The third-order valence-electron chi connectivity index (χ3n) is 5.99. The van der Waals surface area contributed by atoms with E-state index in [1.807, 2.05) is 24.3 Å². The van der Waals surface area contributed by atoms with Gasteiger partial charge in [-0.2, -0.15) is 4.31 Å². The molecule has 1 fully saturated rings. The molecule has 6 heteroatoms. The first-order chi connectivity index (χ1) is 13.0. The topological polar surface area (TPSA) is 63.7 Å². The summed E-state index contributed by atoms with van der Waals surface area (Å²) in [5.74, 6) is 0.583. The Hall–Kier alpha value is -2.18. The zero-order valence-corrected chi connectivity index (χ0v) is 15.8. The average molecular weight is 383 g/mol. The van der Waals surface area contributed by atoms with Gasteiger partial charge in [0, 0.05) is 13.0 Å². The Morgan fingerprint density at radius 2 is 1.85 bits per heavy atom. The minimum absolute atomic E-state index is 0.0219. The van der Waals surface area contributed by atoms with Gasteiger partial charge in [-0.15, -0.1) is 0 Å². The van der Waals surface area contributed by atoms with Crippen LogP contribution in [0.2, 0.25) is 0 Å². The summed E-state index contributed by atoms with van der Waals surface area (Å²) in [6.45, 7) is 0.585. The van der Waals surface area contributed by atoms with Crippen molar-refractivity contribution in [3.63, 3.8) is 0 Å². The summed E-state index contributed by atoms with van der Waals surface area (Å²) in [5.41, 5.74) is 2.23. The first-order valence-corrected chi connectivity index (χ1v) is 10.8. The Morgan fingerprint density at radius 1 is 1.04 bits per heavy atom. The number of carbonyl (C=O) groups is 1. The second-order valence-corrected chi connectivity index (χ2v) is 9.69. The lowest BCUT2D eigenvalue weighted by atomic mass is 9.89. The molecule has 0 radical (unpaired) electrons. The molecule has 0 aromatic heterocycles. The Kier molecular flexibility index (Phi) is 3.71. The number of ketones is 1. The fraction of sp³-hybridized carbons (Fsp3) is 0.381. The molecule has 3 aliphatic rings. The van der Waals surface area contributed by atoms with Crippen molar-refractivity contribution >= 4 is 15.8 Å². The number of para-hydroxylation sites is 1. The number of carbonyl (C=O) groups excluding carboxylic acids is 1. The Bertz CT molecular complexity index is 1050. The third-order valence-corrected chi connectivity index (χ3v) is 7.83. The maximum atomic E-state index is 13.2. The van der Waals surface area contributed by atoms with Crippen LogP contribution in [0.5, 0.6) is 5.75 Å². The SMILES string of the molecule is O=C1CC2(CCN(S(=O)(=O)c3ccc4c(c3)CCC4)C2)Oc2ccccc21. The minimum Gasteiger partial charge on any atom is -0.485 e. The van der Waals surface area contributed by atoms with Crippen LogP contribution in [0.25, 0.3) is 0 Å². The predicted octanol–water partition coefficient (Wildman–Crippen LogP) is 2.97. The summed E-state index contributed by atoms with van der Waals surface area (Å²) in [6.07, 6.45) is 3.80. The molecular formula is C21H21NO4S. The van der Waals surface area contributed by atoms with Gasteiger partial charge in [-0.05, 0) is 54.7 Å². The normalized spacial score (nSPS) is 24.7. The van der Waals surface area contributed by atoms with Crippen LogP contribution >= 0.6 is 0 Å². The van der Waals surface area contributed by atoms with Crippen molar-refractivity contribution in [3.8, 4) is 5.75 Å². The van der Waals surface area contributed by atoms with Crippen molar-refractivity contribution in [1.82, 2.24) is 4.31 Å². The number of benzene rings is 2. The molecule has 0 amide bonds. The highest BCUT2D eigenvalue weighted by Gasteiger charge is 2.48. The number of aryl methyl sites for hydroxylation is 2. The van der Waals surface area contributed by atoms with E-state index in [9.17, 15) is 13.2 Å². The van der Waals surface area contributed by atoms with Gasteiger partial charge < -0.3 is 4.74 Å². The summed E-state index contributed by atoms with van der Waals surface area (Å²) in [7, 11) is -3.59. The summed E-state index contributed by atoms with van der Waals surface area (Å²) in [4.78, 5) is 12.9. The molecule has 5 rings (SSSR count). The van der Waals surface area contributed by atoms with Gasteiger partial charge in [0.15, 0.2) is 5.78 Å². The zero-order valence-electron chi connectivity index (χ0n) is 15.0. The minimum atomic E-state index is -3.59. The number of rotatable bonds is 2. The summed E-state index contributed by atoms with van der Waals surface area (Å²) in [5, 5.41) is 0. The molecule has 1 atom stereocenters. The molecule has 5 nitrogen and oxygen atoms in total. The second kappa shape index (κ2) is 5.91. The summed E-state index contributed by atoms with van der Waals surface area (Å²) in [6, 6.07) is 12.7. The lowest BCUT2D eigenvalue weighted by Gasteiger charge is -2.34. The van der Waals surface area contributed by atoms with Crippen LogP contribution in [0.3, 0.4) is 0 Å². The van der Waals surface area contributed by atoms with Gasteiger partial charge in [0.05, 0.1) is 23.4 Å². The highest BCUT2D eigenvalue weighted by molar-refractivity contribution is 7.89. The monoisotopic (exact) mass is 383 g/mol. The van der Waals surface area contributed by atoms with Gasteiger partial charge in [-0.3, -0.25) is 4.79 Å². The maximum Gasteiger partial charge on any atom is 0.243 e. The Labute approximate surface area is 159 Å². The number of fused-ring (bicyclic) bond motifs is 2. The summed E-state index contributed by atoms with van der Waals surface area (Å²) >= 11 is 0.